The number of rotatable bonds is 9. The van der Waals surface area contributed by atoms with Gasteiger partial charge in [0.05, 0.1) is 13.2 Å². The average Bonchev–Trinajstić information content (AvgIpc) is 3.14. The van der Waals surface area contributed by atoms with Crippen molar-refractivity contribution >= 4 is 11.9 Å². The Labute approximate surface area is 107 Å². The molecular weight excluding hydrogens is 238 g/mol. The lowest BCUT2D eigenvalue weighted by Crippen LogP contribution is -2.43. The summed E-state index contributed by atoms with van der Waals surface area (Å²) in [6.45, 7) is 4.67. The monoisotopic (exact) mass is 259 g/mol. The minimum absolute atomic E-state index is 0.0755. The van der Waals surface area contributed by atoms with Crippen molar-refractivity contribution in [3.8, 4) is 0 Å². The van der Waals surface area contributed by atoms with E-state index in [0.29, 0.717) is 19.8 Å². The van der Waals surface area contributed by atoms with Gasteiger partial charge in [-0.1, -0.05) is 0 Å². The maximum Gasteiger partial charge on any atom is 0.323 e. The predicted octanol–water partition coefficient (Wildman–Crippen LogP) is 0.504. The molecule has 0 aromatic heterocycles. The number of nitrogens with zero attached hydrogens (tertiary/aromatic N) is 1. The first-order chi connectivity index (χ1) is 8.56. The third-order valence-electron chi connectivity index (χ3n) is 2.72. The molecule has 1 fully saturated rings. The number of carboxylic acid groups (broad SMARTS) is 1. The summed E-state index contributed by atoms with van der Waals surface area (Å²) in [5, 5.41) is 8.78. The third-order valence-corrected chi connectivity index (χ3v) is 2.72. The maximum atomic E-state index is 12.0. The number of carboxylic acids is 1. The Morgan fingerprint density at radius 3 is 2.56 bits per heavy atom. The van der Waals surface area contributed by atoms with Crippen molar-refractivity contribution in [2.24, 2.45) is 0 Å². The molecule has 1 aliphatic rings. The zero-order chi connectivity index (χ0) is 13.5. The SMILES string of the molecule is CCOCCOC(C)C(=O)N(CC(=O)O)C1CC1. The zero-order valence-electron chi connectivity index (χ0n) is 10.9. The second-order valence-electron chi connectivity index (χ2n) is 4.30. The van der Waals surface area contributed by atoms with Crippen LogP contribution in [0.5, 0.6) is 0 Å². The van der Waals surface area contributed by atoms with Crippen LogP contribution in [0.15, 0.2) is 0 Å². The van der Waals surface area contributed by atoms with E-state index in [0.717, 1.165) is 12.8 Å². The van der Waals surface area contributed by atoms with Gasteiger partial charge in [0.1, 0.15) is 12.6 Å². The van der Waals surface area contributed by atoms with Gasteiger partial charge in [-0.25, -0.2) is 0 Å². The highest BCUT2D eigenvalue weighted by Crippen LogP contribution is 2.27. The molecule has 1 saturated carbocycles. The van der Waals surface area contributed by atoms with Crippen LogP contribution in [0.4, 0.5) is 0 Å². The van der Waals surface area contributed by atoms with E-state index in [9.17, 15) is 9.59 Å². The maximum absolute atomic E-state index is 12.0. The van der Waals surface area contributed by atoms with Gasteiger partial charge in [-0.15, -0.1) is 0 Å². The Balaban J connectivity index is 2.36. The van der Waals surface area contributed by atoms with Gasteiger partial charge in [-0.3, -0.25) is 9.59 Å². The summed E-state index contributed by atoms with van der Waals surface area (Å²) >= 11 is 0. The van der Waals surface area contributed by atoms with Crippen LogP contribution in [0.1, 0.15) is 26.7 Å². The zero-order valence-corrected chi connectivity index (χ0v) is 10.9. The Morgan fingerprint density at radius 1 is 1.39 bits per heavy atom. The van der Waals surface area contributed by atoms with Crippen molar-refractivity contribution < 1.29 is 24.2 Å². The third kappa shape index (κ3) is 5.01. The first kappa shape index (κ1) is 14.9. The average molecular weight is 259 g/mol. The molecule has 1 atom stereocenters. The van der Waals surface area contributed by atoms with Crippen LogP contribution in [-0.4, -0.2) is 60.4 Å². The summed E-state index contributed by atoms with van der Waals surface area (Å²) in [5.41, 5.74) is 0. The fourth-order valence-electron chi connectivity index (χ4n) is 1.65. The molecule has 0 spiro atoms. The lowest BCUT2D eigenvalue weighted by Gasteiger charge is -2.24. The number of ether oxygens (including phenoxy) is 2. The lowest BCUT2D eigenvalue weighted by molar-refractivity contribution is -0.151. The van der Waals surface area contributed by atoms with Crippen LogP contribution in [0, 0.1) is 0 Å². The van der Waals surface area contributed by atoms with Crippen molar-refractivity contribution in [1.29, 1.82) is 0 Å². The Kier molecular flexibility index (Phi) is 6.07. The number of amides is 1. The minimum atomic E-state index is -0.989. The molecule has 0 aromatic rings. The molecule has 18 heavy (non-hydrogen) atoms. The van der Waals surface area contributed by atoms with Crippen molar-refractivity contribution in [1.82, 2.24) is 4.90 Å². The number of hydrogen-bond acceptors (Lipinski definition) is 4. The first-order valence-corrected chi connectivity index (χ1v) is 6.27. The first-order valence-electron chi connectivity index (χ1n) is 6.27. The summed E-state index contributed by atoms with van der Waals surface area (Å²) in [5.74, 6) is -1.24. The molecule has 1 aliphatic carbocycles. The molecule has 0 bridgehead atoms. The van der Waals surface area contributed by atoms with Gasteiger partial charge in [0.25, 0.3) is 5.91 Å². The number of carbonyl (C=O) groups is 2. The van der Waals surface area contributed by atoms with Gasteiger partial charge in [0.2, 0.25) is 0 Å². The summed E-state index contributed by atoms with van der Waals surface area (Å²) in [6, 6.07) is 0.0755. The summed E-state index contributed by atoms with van der Waals surface area (Å²) in [7, 11) is 0. The van der Waals surface area contributed by atoms with Gasteiger partial charge < -0.3 is 19.5 Å². The molecular formula is C12H21NO5. The van der Waals surface area contributed by atoms with Gasteiger partial charge in [0.15, 0.2) is 0 Å². The van der Waals surface area contributed by atoms with E-state index in [1.807, 2.05) is 6.92 Å². The quantitative estimate of drug-likeness (QED) is 0.610. The van der Waals surface area contributed by atoms with Crippen LogP contribution >= 0.6 is 0 Å². The highest BCUT2D eigenvalue weighted by atomic mass is 16.5. The van der Waals surface area contributed by atoms with E-state index in [1.54, 1.807) is 6.92 Å². The number of carbonyl (C=O) groups excluding carboxylic acids is 1. The minimum Gasteiger partial charge on any atom is -0.480 e. The molecule has 6 nitrogen and oxygen atoms in total. The molecule has 0 aliphatic heterocycles. The fraction of sp³-hybridized carbons (Fsp3) is 0.833. The molecule has 1 amide bonds. The molecule has 1 unspecified atom stereocenters. The van der Waals surface area contributed by atoms with Crippen LogP contribution in [-0.2, 0) is 19.1 Å². The molecule has 0 radical (unpaired) electrons. The molecule has 1 rings (SSSR count). The summed E-state index contributed by atoms with van der Waals surface area (Å²) in [6.07, 6.45) is 1.14. The molecule has 6 heteroatoms. The van der Waals surface area contributed by atoms with E-state index in [2.05, 4.69) is 0 Å². The smallest absolute Gasteiger partial charge is 0.323 e. The van der Waals surface area contributed by atoms with Gasteiger partial charge in [-0.2, -0.15) is 0 Å². The molecule has 0 heterocycles. The van der Waals surface area contributed by atoms with Crippen molar-refractivity contribution in [3.63, 3.8) is 0 Å². The van der Waals surface area contributed by atoms with Crippen LogP contribution in [0.25, 0.3) is 0 Å². The van der Waals surface area contributed by atoms with E-state index >= 15 is 0 Å². The van der Waals surface area contributed by atoms with E-state index in [-0.39, 0.29) is 18.5 Å². The second-order valence-corrected chi connectivity index (χ2v) is 4.30. The Morgan fingerprint density at radius 2 is 2.06 bits per heavy atom. The highest BCUT2D eigenvalue weighted by molar-refractivity contribution is 5.85. The number of hydrogen-bond donors (Lipinski definition) is 1. The highest BCUT2D eigenvalue weighted by Gasteiger charge is 2.35. The Hall–Kier alpha value is -1.14. The van der Waals surface area contributed by atoms with Crippen LogP contribution in [0.3, 0.4) is 0 Å². The normalized spacial score (nSPS) is 16.3. The van der Waals surface area contributed by atoms with Gasteiger partial charge in [-0.05, 0) is 26.7 Å². The van der Waals surface area contributed by atoms with Crippen molar-refractivity contribution in [3.05, 3.63) is 0 Å². The molecule has 104 valence electrons. The summed E-state index contributed by atoms with van der Waals surface area (Å²) in [4.78, 5) is 24.1. The standard InChI is InChI=1S/C12H21NO5/c1-3-17-6-7-18-9(2)12(16)13(8-11(14)15)10-4-5-10/h9-10H,3-8H2,1-2H3,(H,14,15). The van der Waals surface area contributed by atoms with E-state index < -0.39 is 12.1 Å². The molecule has 1 N–H and O–H groups in total. The van der Waals surface area contributed by atoms with E-state index in [1.165, 1.54) is 4.90 Å². The Bertz CT molecular complexity index is 290. The molecule has 0 saturated heterocycles. The largest absolute Gasteiger partial charge is 0.480 e. The van der Waals surface area contributed by atoms with Crippen molar-refractivity contribution in [2.75, 3.05) is 26.4 Å². The lowest BCUT2D eigenvalue weighted by atomic mass is 10.3. The fourth-order valence-corrected chi connectivity index (χ4v) is 1.65. The van der Waals surface area contributed by atoms with Crippen molar-refractivity contribution in [2.45, 2.75) is 38.8 Å². The van der Waals surface area contributed by atoms with Crippen LogP contribution in [0.2, 0.25) is 0 Å². The van der Waals surface area contributed by atoms with E-state index in [4.69, 9.17) is 14.6 Å². The molecule has 0 aromatic carbocycles. The van der Waals surface area contributed by atoms with Crippen LogP contribution < -0.4 is 0 Å². The second kappa shape index (κ2) is 7.33. The topological polar surface area (TPSA) is 76.1 Å². The number of aliphatic carboxylic acids is 1. The van der Waals surface area contributed by atoms with Gasteiger partial charge >= 0.3 is 5.97 Å². The predicted molar refractivity (Wildman–Crippen MR) is 64.3 cm³/mol. The summed E-state index contributed by atoms with van der Waals surface area (Å²) < 4.78 is 10.4. The van der Waals surface area contributed by atoms with Gasteiger partial charge in [0, 0.05) is 12.6 Å².